The van der Waals surface area contributed by atoms with Gasteiger partial charge in [-0.1, -0.05) is 13.8 Å². The molecule has 1 saturated heterocycles. The molecule has 18 heavy (non-hydrogen) atoms. The van der Waals surface area contributed by atoms with Gasteiger partial charge in [-0.15, -0.1) is 0 Å². The van der Waals surface area contributed by atoms with Crippen molar-refractivity contribution >= 4 is 0 Å². The highest BCUT2D eigenvalue weighted by Gasteiger charge is 2.26. The van der Waals surface area contributed by atoms with Gasteiger partial charge in [-0.25, -0.2) is 0 Å². The summed E-state index contributed by atoms with van der Waals surface area (Å²) in [5, 5.41) is 13.0. The van der Waals surface area contributed by atoms with Gasteiger partial charge >= 0.3 is 0 Å². The lowest BCUT2D eigenvalue weighted by Gasteiger charge is -2.40. The molecule has 1 rings (SSSR count). The Balaban J connectivity index is 2.39. The van der Waals surface area contributed by atoms with Crippen LogP contribution >= 0.6 is 0 Å². The van der Waals surface area contributed by atoms with Crippen LogP contribution < -0.4 is 5.32 Å². The Morgan fingerprint density at radius 1 is 1.39 bits per heavy atom. The predicted octanol–water partition coefficient (Wildman–Crippen LogP) is 0.761. The van der Waals surface area contributed by atoms with E-state index in [1.807, 2.05) is 0 Å². The fourth-order valence-electron chi connectivity index (χ4n) is 2.63. The molecule has 1 heterocycles. The smallest absolute Gasteiger partial charge is 0.0611 e. The minimum absolute atomic E-state index is 0.152. The van der Waals surface area contributed by atoms with E-state index >= 15 is 0 Å². The van der Waals surface area contributed by atoms with E-state index in [0.29, 0.717) is 12.1 Å². The number of rotatable bonds is 6. The van der Waals surface area contributed by atoms with E-state index in [-0.39, 0.29) is 12.1 Å². The zero-order chi connectivity index (χ0) is 13.8. The summed E-state index contributed by atoms with van der Waals surface area (Å²) in [5.41, 5.74) is -0.152. The maximum absolute atomic E-state index is 9.57. The zero-order valence-corrected chi connectivity index (χ0v) is 12.7. The first-order valence-electron chi connectivity index (χ1n) is 7.17. The Labute approximate surface area is 112 Å². The lowest BCUT2D eigenvalue weighted by atomic mass is 9.97. The van der Waals surface area contributed by atoms with E-state index in [2.05, 4.69) is 49.9 Å². The van der Waals surface area contributed by atoms with Crippen LogP contribution in [0.25, 0.3) is 0 Å². The average Bonchev–Trinajstić information content (AvgIpc) is 2.30. The zero-order valence-electron chi connectivity index (χ0n) is 12.7. The van der Waals surface area contributed by atoms with Crippen molar-refractivity contribution in [2.75, 3.05) is 39.8 Å². The van der Waals surface area contributed by atoms with Crippen molar-refractivity contribution in [2.24, 2.45) is 0 Å². The van der Waals surface area contributed by atoms with E-state index in [9.17, 15) is 5.11 Å². The molecule has 108 valence electrons. The van der Waals surface area contributed by atoms with Crippen LogP contribution in [0.4, 0.5) is 0 Å². The molecule has 1 aliphatic rings. The highest BCUT2D eigenvalue weighted by molar-refractivity contribution is 4.86. The summed E-state index contributed by atoms with van der Waals surface area (Å²) in [6.07, 6.45) is 0.998. The lowest BCUT2D eigenvalue weighted by Crippen LogP contribution is -2.54. The molecule has 0 radical (unpaired) electrons. The quantitative estimate of drug-likeness (QED) is 0.737. The van der Waals surface area contributed by atoms with Crippen LogP contribution in [0.1, 0.15) is 34.1 Å². The van der Waals surface area contributed by atoms with Crippen molar-refractivity contribution in [1.82, 2.24) is 15.1 Å². The third-order valence-electron chi connectivity index (χ3n) is 4.01. The van der Waals surface area contributed by atoms with Gasteiger partial charge in [0.2, 0.25) is 0 Å². The second-order valence-corrected chi connectivity index (χ2v) is 6.40. The average molecular weight is 257 g/mol. The number of hydrogen-bond donors (Lipinski definition) is 2. The van der Waals surface area contributed by atoms with Crippen molar-refractivity contribution in [1.29, 1.82) is 0 Å². The summed E-state index contributed by atoms with van der Waals surface area (Å²) in [5.74, 6) is 0. The van der Waals surface area contributed by atoms with Crippen molar-refractivity contribution < 1.29 is 5.11 Å². The molecule has 0 amide bonds. The number of aliphatic hydroxyl groups excluding tert-OH is 1. The Morgan fingerprint density at radius 2 is 2.06 bits per heavy atom. The van der Waals surface area contributed by atoms with Crippen molar-refractivity contribution in [2.45, 2.75) is 51.7 Å². The fourth-order valence-corrected chi connectivity index (χ4v) is 2.63. The Morgan fingerprint density at radius 3 is 2.56 bits per heavy atom. The first-order chi connectivity index (χ1) is 8.36. The SMILES string of the molecule is CC(C)NC(C)(CO)CCN1CCN(C)C(C)C1. The van der Waals surface area contributed by atoms with E-state index in [1.165, 1.54) is 0 Å². The Bertz CT molecular complexity index is 247. The van der Waals surface area contributed by atoms with Gasteiger partial charge in [0.1, 0.15) is 0 Å². The molecule has 2 N–H and O–H groups in total. The summed E-state index contributed by atoms with van der Waals surface area (Å²) in [7, 11) is 2.19. The molecule has 0 aliphatic carbocycles. The molecule has 1 fully saturated rings. The molecule has 4 heteroatoms. The summed E-state index contributed by atoms with van der Waals surface area (Å²) in [4.78, 5) is 4.93. The summed E-state index contributed by atoms with van der Waals surface area (Å²) < 4.78 is 0. The van der Waals surface area contributed by atoms with Gasteiger partial charge in [-0.2, -0.15) is 0 Å². The van der Waals surface area contributed by atoms with Crippen LogP contribution in [-0.4, -0.2) is 72.4 Å². The molecular formula is C14H31N3O. The maximum atomic E-state index is 9.57. The third kappa shape index (κ3) is 4.84. The fraction of sp³-hybridized carbons (Fsp3) is 1.00. The number of aliphatic hydroxyl groups is 1. The van der Waals surface area contributed by atoms with Gasteiger partial charge < -0.3 is 20.2 Å². The second kappa shape index (κ2) is 6.85. The van der Waals surface area contributed by atoms with Crippen molar-refractivity contribution in [3.8, 4) is 0 Å². The van der Waals surface area contributed by atoms with Gasteiger partial charge in [0, 0.05) is 43.8 Å². The van der Waals surface area contributed by atoms with Crippen molar-refractivity contribution in [3.63, 3.8) is 0 Å². The molecule has 0 spiro atoms. The highest BCUT2D eigenvalue weighted by Crippen LogP contribution is 2.14. The van der Waals surface area contributed by atoms with Crippen LogP contribution in [0.15, 0.2) is 0 Å². The van der Waals surface area contributed by atoms with Crippen LogP contribution in [0.5, 0.6) is 0 Å². The lowest BCUT2D eigenvalue weighted by molar-refractivity contribution is 0.0848. The van der Waals surface area contributed by atoms with Gasteiger partial charge in [0.25, 0.3) is 0 Å². The predicted molar refractivity (Wildman–Crippen MR) is 76.9 cm³/mol. The van der Waals surface area contributed by atoms with E-state index in [1.54, 1.807) is 0 Å². The minimum Gasteiger partial charge on any atom is -0.394 e. The molecule has 0 aromatic rings. The monoisotopic (exact) mass is 257 g/mol. The minimum atomic E-state index is -0.152. The van der Waals surface area contributed by atoms with Gasteiger partial charge in [0.05, 0.1) is 6.61 Å². The number of nitrogens with zero attached hydrogens (tertiary/aromatic N) is 2. The molecule has 0 aromatic carbocycles. The molecule has 2 unspecified atom stereocenters. The third-order valence-corrected chi connectivity index (χ3v) is 4.01. The topological polar surface area (TPSA) is 38.7 Å². The summed E-state index contributed by atoms with van der Waals surface area (Å²) in [6, 6.07) is 1.05. The van der Waals surface area contributed by atoms with Crippen LogP contribution in [0.2, 0.25) is 0 Å². The van der Waals surface area contributed by atoms with E-state index in [0.717, 1.165) is 32.6 Å². The molecule has 0 saturated carbocycles. The Kier molecular flexibility index (Phi) is 6.05. The van der Waals surface area contributed by atoms with Crippen LogP contribution in [-0.2, 0) is 0 Å². The first-order valence-corrected chi connectivity index (χ1v) is 7.17. The highest BCUT2D eigenvalue weighted by atomic mass is 16.3. The Hall–Kier alpha value is -0.160. The van der Waals surface area contributed by atoms with Crippen molar-refractivity contribution in [3.05, 3.63) is 0 Å². The van der Waals surface area contributed by atoms with Gasteiger partial charge in [-0.3, -0.25) is 0 Å². The number of piperazine rings is 1. The van der Waals surface area contributed by atoms with Crippen LogP contribution in [0.3, 0.4) is 0 Å². The standard InChI is InChI=1S/C14H31N3O/c1-12(2)15-14(4,11-18)6-7-17-9-8-16(5)13(3)10-17/h12-13,15,18H,6-11H2,1-5H3. The maximum Gasteiger partial charge on any atom is 0.0611 e. The molecule has 1 aliphatic heterocycles. The number of hydrogen-bond acceptors (Lipinski definition) is 4. The molecule has 0 bridgehead atoms. The molecule has 2 atom stereocenters. The van der Waals surface area contributed by atoms with Gasteiger partial charge in [-0.05, 0) is 27.3 Å². The largest absolute Gasteiger partial charge is 0.394 e. The molecule has 0 aromatic heterocycles. The molecule has 4 nitrogen and oxygen atoms in total. The second-order valence-electron chi connectivity index (χ2n) is 6.40. The van der Waals surface area contributed by atoms with Crippen LogP contribution in [0, 0.1) is 0 Å². The number of likely N-dealkylation sites (N-methyl/N-ethyl adjacent to an activating group) is 1. The summed E-state index contributed by atoms with van der Waals surface area (Å²) >= 11 is 0. The summed E-state index contributed by atoms with van der Waals surface area (Å²) in [6.45, 7) is 13.4. The number of nitrogens with one attached hydrogen (secondary N) is 1. The first kappa shape index (κ1) is 15.9. The van der Waals surface area contributed by atoms with Gasteiger partial charge in [0.15, 0.2) is 0 Å². The molecular weight excluding hydrogens is 226 g/mol. The van der Waals surface area contributed by atoms with E-state index < -0.39 is 0 Å². The van der Waals surface area contributed by atoms with E-state index in [4.69, 9.17) is 0 Å². The normalized spacial score (nSPS) is 26.5.